The van der Waals surface area contributed by atoms with Gasteiger partial charge in [0.1, 0.15) is 4.83 Å². The van der Waals surface area contributed by atoms with Gasteiger partial charge in [0.15, 0.2) is 0 Å². The molecule has 0 amide bonds. The van der Waals surface area contributed by atoms with Crippen LogP contribution in [-0.2, 0) is 6.54 Å². The topological polar surface area (TPSA) is 34.9 Å². The Morgan fingerprint density at radius 2 is 2.25 bits per heavy atom. The molecule has 2 aromatic heterocycles. The molecule has 0 spiro atoms. The van der Waals surface area contributed by atoms with Crippen molar-refractivity contribution in [2.75, 3.05) is 5.88 Å². The molecule has 86 valence electrons. The second-order valence-corrected chi connectivity index (χ2v) is 4.90. The maximum Gasteiger partial charge on any atom is 0.262 e. The summed E-state index contributed by atoms with van der Waals surface area (Å²) in [6.45, 7) is 0.731. The zero-order valence-electron chi connectivity index (χ0n) is 8.86. The number of hydrogen-bond acceptors (Lipinski definition) is 3. The summed E-state index contributed by atoms with van der Waals surface area (Å²) >= 11 is 7.10. The number of thiophene rings is 1. The average Bonchev–Trinajstić information content (AvgIpc) is 2.76. The molecule has 0 radical (unpaired) electrons. The fourth-order valence-corrected chi connectivity index (χ4v) is 2.52. The van der Waals surface area contributed by atoms with Crippen LogP contribution in [0, 0.1) is 0 Å². The Morgan fingerprint density at radius 1 is 1.38 bits per heavy atom. The molecule has 0 saturated carbocycles. The lowest BCUT2D eigenvalue weighted by molar-refractivity contribution is 0.585. The molecule has 5 heteroatoms. The number of hydrogen-bond donors (Lipinski definition) is 0. The Bertz CT molecular complexity index is 520. The van der Waals surface area contributed by atoms with Crippen LogP contribution in [0.25, 0.3) is 10.2 Å². The molecule has 0 aliphatic rings. The predicted molar refractivity (Wildman–Crippen MR) is 68.5 cm³/mol. The Kier molecular flexibility index (Phi) is 3.96. The summed E-state index contributed by atoms with van der Waals surface area (Å²) in [6.07, 6.45) is 4.67. The summed E-state index contributed by atoms with van der Waals surface area (Å²) in [5.41, 5.74) is 0.0668. The highest BCUT2D eigenvalue weighted by Gasteiger charge is 2.04. The van der Waals surface area contributed by atoms with Crippen molar-refractivity contribution < 1.29 is 0 Å². The SMILES string of the molecule is O=c1c2ccsc2ncn1CCCCCCl. The molecule has 0 saturated heterocycles. The maximum absolute atomic E-state index is 12.0. The summed E-state index contributed by atoms with van der Waals surface area (Å²) in [5, 5.41) is 2.63. The first-order valence-corrected chi connectivity index (χ1v) is 6.73. The lowest BCUT2D eigenvalue weighted by atomic mass is 10.2. The standard InChI is InChI=1S/C11H13ClN2OS/c12-5-2-1-3-6-14-8-13-10-9(11(14)15)4-7-16-10/h4,7-8H,1-3,5-6H2. The summed E-state index contributed by atoms with van der Waals surface area (Å²) in [7, 11) is 0. The smallest absolute Gasteiger partial charge is 0.262 e. The quantitative estimate of drug-likeness (QED) is 0.609. The van der Waals surface area contributed by atoms with Gasteiger partial charge in [-0.25, -0.2) is 4.98 Å². The molecule has 0 aliphatic carbocycles. The zero-order chi connectivity index (χ0) is 11.4. The van der Waals surface area contributed by atoms with Gasteiger partial charge in [-0.1, -0.05) is 6.42 Å². The Labute approximate surface area is 103 Å². The Hall–Kier alpha value is -0.870. The predicted octanol–water partition coefficient (Wildman–Crippen LogP) is 2.87. The van der Waals surface area contributed by atoms with Gasteiger partial charge in [-0.05, 0) is 24.3 Å². The first kappa shape index (κ1) is 11.6. The van der Waals surface area contributed by atoms with Gasteiger partial charge in [-0.15, -0.1) is 22.9 Å². The molecule has 0 unspecified atom stereocenters. The van der Waals surface area contributed by atoms with Crippen molar-refractivity contribution in [3.05, 3.63) is 28.1 Å². The third-order valence-corrected chi connectivity index (χ3v) is 3.57. The molecule has 2 aromatic rings. The van der Waals surface area contributed by atoms with E-state index in [0.717, 1.165) is 36.0 Å². The summed E-state index contributed by atoms with van der Waals surface area (Å²) in [4.78, 5) is 17.0. The minimum Gasteiger partial charge on any atom is -0.299 e. The number of nitrogens with zero attached hydrogens (tertiary/aromatic N) is 2. The van der Waals surface area contributed by atoms with Crippen LogP contribution in [0.15, 0.2) is 22.6 Å². The molecule has 0 atom stereocenters. The second kappa shape index (κ2) is 5.46. The van der Waals surface area contributed by atoms with Crippen LogP contribution in [0.5, 0.6) is 0 Å². The van der Waals surface area contributed by atoms with Gasteiger partial charge < -0.3 is 0 Å². The van der Waals surface area contributed by atoms with Crippen LogP contribution in [0.4, 0.5) is 0 Å². The van der Waals surface area contributed by atoms with Crippen LogP contribution in [0.3, 0.4) is 0 Å². The third-order valence-electron chi connectivity index (χ3n) is 2.48. The first-order chi connectivity index (χ1) is 7.83. The van der Waals surface area contributed by atoms with Crippen LogP contribution in [0.2, 0.25) is 0 Å². The lowest BCUT2D eigenvalue weighted by Crippen LogP contribution is -2.19. The molecular weight excluding hydrogens is 244 g/mol. The number of aryl methyl sites for hydroxylation is 1. The zero-order valence-corrected chi connectivity index (χ0v) is 10.4. The van der Waals surface area contributed by atoms with Crippen molar-refractivity contribution in [3.8, 4) is 0 Å². The van der Waals surface area contributed by atoms with Gasteiger partial charge in [-0.2, -0.15) is 0 Å². The van der Waals surface area contributed by atoms with E-state index in [4.69, 9.17) is 11.6 Å². The van der Waals surface area contributed by atoms with Gasteiger partial charge in [0, 0.05) is 12.4 Å². The van der Waals surface area contributed by atoms with E-state index < -0.39 is 0 Å². The normalized spacial score (nSPS) is 11.1. The molecule has 2 rings (SSSR count). The van der Waals surface area contributed by atoms with E-state index in [2.05, 4.69) is 4.98 Å². The molecule has 2 heterocycles. The van der Waals surface area contributed by atoms with Crippen LogP contribution >= 0.6 is 22.9 Å². The minimum absolute atomic E-state index is 0.0668. The van der Waals surface area contributed by atoms with Crippen LogP contribution < -0.4 is 5.56 Å². The van der Waals surface area contributed by atoms with Crippen LogP contribution in [0.1, 0.15) is 19.3 Å². The molecular formula is C11H13ClN2OS. The molecule has 0 aliphatic heterocycles. The largest absolute Gasteiger partial charge is 0.299 e. The highest BCUT2D eigenvalue weighted by molar-refractivity contribution is 7.16. The number of fused-ring (bicyclic) bond motifs is 1. The van der Waals surface area contributed by atoms with E-state index in [1.165, 1.54) is 11.3 Å². The number of halogens is 1. The third kappa shape index (κ3) is 2.44. The van der Waals surface area contributed by atoms with Crippen LogP contribution in [-0.4, -0.2) is 15.4 Å². The summed E-state index contributed by atoms with van der Waals surface area (Å²) in [5.74, 6) is 0.691. The van der Waals surface area contributed by atoms with Crippen molar-refractivity contribution in [3.63, 3.8) is 0 Å². The first-order valence-electron chi connectivity index (χ1n) is 5.31. The van der Waals surface area contributed by atoms with E-state index in [9.17, 15) is 4.79 Å². The number of alkyl halides is 1. The number of rotatable bonds is 5. The van der Waals surface area contributed by atoms with Crippen molar-refractivity contribution in [1.29, 1.82) is 0 Å². The van der Waals surface area contributed by atoms with Gasteiger partial charge in [0.05, 0.1) is 11.7 Å². The highest BCUT2D eigenvalue weighted by atomic mass is 35.5. The van der Waals surface area contributed by atoms with Crippen molar-refractivity contribution in [2.24, 2.45) is 0 Å². The summed E-state index contributed by atoms with van der Waals surface area (Å²) in [6, 6.07) is 1.84. The molecule has 3 nitrogen and oxygen atoms in total. The summed E-state index contributed by atoms with van der Waals surface area (Å²) < 4.78 is 1.68. The van der Waals surface area contributed by atoms with E-state index in [0.29, 0.717) is 5.88 Å². The molecule has 0 fully saturated rings. The number of unbranched alkanes of at least 4 members (excludes halogenated alkanes) is 2. The van der Waals surface area contributed by atoms with Crippen molar-refractivity contribution in [2.45, 2.75) is 25.8 Å². The minimum atomic E-state index is 0.0668. The van der Waals surface area contributed by atoms with Crippen molar-refractivity contribution in [1.82, 2.24) is 9.55 Å². The lowest BCUT2D eigenvalue weighted by Gasteiger charge is -2.04. The highest BCUT2D eigenvalue weighted by Crippen LogP contribution is 2.13. The van der Waals surface area contributed by atoms with Gasteiger partial charge >= 0.3 is 0 Å². The van der Waals surface area contributed by atoms with E-state index in [1.54, 1.807) is 10.9 Å². The van der Waals surface area contributed by atoms with E-state index in [1.807, 2.05) is 11.4 Å². The Balaban J connectivity index is 2.12. The van der Waals surface area contributed by atoms with Gasteiger partial charge in [0.25, 0.3) is 5.56 Å². The molecule has 0 bridgehead atoms. The monoisotopic (exact) mass is 256 g/mol. The Morgan fingerprint density at radius 3 is 3.06 bits per heavy atom. The van der Waals surface area contributed by atoms with Crippen molar-refractivity contribution >= 4 is 33.2 Å². The van der Waals surface area contributed by atoms with Gasteiger partial charge in [-0.3, -0.25) is 9.36 Å². The van der Waals surface area contributed by atoms with E-state index >= 15 is 0 Å². The number of aromatic nitrogens is 2. The van der Waals surface area contributed by atoms with E-state index in [-0.39, 0.29) is 5.56 Å². The van der Waals surface area contributed by atoms with Gasteiger partial charge in [0.2, 0.25) is 0 Å². The average molecular weight is 257 g/mol. The fourth-order valence-electron chi connectivity index (χ4n) is 1.61. The second-order valence-electron chi connectivity index (χ2n) is 3.63. The molecule has 16 heavy (non-hydrogen) atoms. The molecule has 0 N–H and O–H groups in total. The maximum atomic E-state index is 12.0. The fraction of sp³-hybridized carbons (Fsp3) is 0.455. The molecule has 0 aromatic carbocycles.